The van der Waals surface area contributed by atoms with Crippen molar-refractivity contribution in [1.82, 2.24) is 20.3 Å². The topological polar surface area (TPSA) is 59.9 Å². The van der Waals surface area contributed by atoms with Gasteiger partial charge >= 0.3 is 0 Å². The second-order valence-corrected chi connectivity index (χ2v) is 5.35. The first-order valence-corrected chi connectivity index (χ1v) is 7.33. The van der Waals surface area contributed by atoms with E-state index in [0.717, 1.165) is 41.7 Å². The van der Waals surface area contributed by atoms with Crippen molar-refractivity contribution < 1.29 is 4.74 Å². The number of methoxy groups -OCH3 is 1. The lowest BCUT2D eigenvalue weighted by Crippen LogP contribution is -2.23. The summed E-state index contributed by atoms with van der Waals surface area (Å²) < 4.78 is 5.30. The fourth-order valence-corrected chi connectivity index (χ4v) is 2.97. The molecular formula is C17H16N4O. The van der Waals surface area contributed by atoms with Crippen LogP contribution in [0.3, 0.4) is 0 Å². The van der Waals surface area contributed by atoms with Crippen LogP contribution in [0.4, 0.5) is 0 Å². The monoisotopic (exact) mass is 292 g/mol. The first kappa shape index (κ1) is 13.2. The average molecular weight is 292 g/mol. The van der Waals surface area contributed by atoms with Crippen LogP contribution in [0.5, 0.6) is 5.88 Å². The number of hydrogen-bond donors (Lipinski definition) is 1. The summed E-state index contributed by atoms with van der Waals surface area (Å²) in [6, 6.07) is 8.50. The minimum atomic E-state index is 0.528. The molecule has 2 aromatic heterocycles. The highest BCUT2D eigenvalue weighted by Gasteiger charge is 2.14. The highest BCUT2D eigenvalue weighted by Crippen LogP contribution is 2.30. The Hall–Kier alpha value is -2.53. The van der Waals surface area contributed by atoms with E-state index < -0.39 is 0 Å². The summed E-state index contributed by atoms with van der Waals surface area (Å²) in [5.74, 6) is 0.528. The number of ether oxygens (including phenoxy) is 1. The molecule has 0 bridgehead atoms. The standard InChI is InChI=1S/C17H16N4O/c1-22-17-16-14(5-7-19-17)15(20-10-21-16)12-3-2-11-4-6-18-9-13(11)8-12/h2-3,5,7-8,10,18H,4,6,9H2,1H3. The van der Waals surface area contributed by atoms with Crippen molar-refractivity contribution in [3.05, 3.63) is 47.9 Å². The zero-order valence-corrected chi connectivity index (χ0v) is 12.3. The predicted octanol–water partition coefficient (Wildman–Crippen LogP) is 2.35. The highest BCUT2D eigenvalue weighted by molar-refractivity contribution is 5.94. The van der Waals surface area contributed by atoms with Crippen LogP contribution in [0.25, 0.3) is 22.2 Å². The van der Waals surface area contributed by atoms with Crippen LogP contribution < -0.4 is 10.1 Å². The third-order valence-electron chi connectivity index (χ3n) is 4.08. The summed E-state index contributed by atoms with van der Waals surface area (Å²) in [7, 11) is 1.61. The predicted molar refractivity (Wildman–Crippen MR) is 84.7 cm³/mol. The molecule has 0 saturated carbocycles. The van der Waals surface area contributed by atoms with E-state index in [2.05, 4.69) is 38.5 Å². The van der Waals surface area contributed by atoms with E-state index in [0.29, 0.717) is 5.88 Å². The van der Waals surface area contributed by atoms with Crippen molar-refractivity contribution in [3.8, 4) is 17.1 Å². The molecule has 1 N–H and O–H groups in total. The largest absolute Gasteiger partial charge is 0.479 e. The van der Waals surface area contributed by atoms with Crippen molar-refractivity contribution in [1.29, 1.82) is 0 Å². The zero-order valence-electron chi connectivity index (χ0n) is 12.3. The van der Waals surface area contributed by atoms with Crippen molar-refractivity contribution in [3.63, 3.8) is 0 Å². The minimum Gasteiger partial charge on any atom is -0.479 e. The van der Waals surface area contributed by atoms with Gasteiger partial charge in [0.2, 0.25) is 5.88 Å². The highest BCUT2D eigenvalue weighted by atomic mass is 16.5. The molecule has 0 amide bonds. The third kappa shape index (κ3) is 2.10. The number of nitrogens with zero attached hydrogens (tertiary/aromatic N) is 3. The van der Waals surface area contributed by atoms with Gasteiger partial charge in [0.05, 0.1) is 12.8 Å². The van der Waals surface area contributed by atoms with Crippen LogP contribution in [0.1, 0.15) is 11.1 Å². The molecule has 3 heterocycles. The van der Waals surface area contributed by atoms with E-state index >= 15 is 0 Å². The lowest BCUT2D eigenvalue weighted by Gasteiger charge is -2.18. The van der Waals surface area contributed by atoms with E-state index in [9.17, 15) is 0 Å². The molecule has 0 radical (unpaired) electrons. The van der Waals surface area contributed by atoms with Gasteiger partial charge in [0.1, 0.15) is 11.8 Å². The molecule has 110 valence electrons. The van der Waals surface area contributed by atoms with E-state index in [-0.39, 0.29) is 0 Å². The number of benzene rings is 1. The van der Waals surface area contributed by atoms with Gasteiger partial charge < -0.3 is 10.1 Å². The van der Waals surface area contributed by atoms with Gasteiger partial charge in [-0.05, 0) is 36.2 Å². The summed E-state index contributed by atoms with van der Waals surface area (Å²) in [5.41, 5.74) is 5.52. The molecule has 0 fully saturated rings. The maximum absolute atomic E-state index is 5.30. The second-order valence-electron chi connectivity index (χ2n) is 5.35. The first-order chi connectivity index (χ1) is 10.9. The van der Waals surface area contributed by atoms with Gasteiger partial charge in [-0.25, -0.2) is 15.0 Å². The van der Waals surface area contributed by atoms with E-state index in [4.69, 9.17) is 4.74 Å². The molecule has 1 aliphatic heterocycles. The third-order valence-corrected chi connectivity index (χ3v) is 4.08. The van der Waals surface area contributed by atoms with Gasteiger partial charge in [-0.1, -0.05) is 12.1 Å². The molecule has 0 spiro atoms. The molecule has 0 saturated heterocycles. The van der Waals surface area contributed by atoms with Crippen molar-refractivity contribution in [2.24, 2.45) is 0 Å². The molecule has 0 aliphatic carbocycles. The second kappa shape index (κ2) is 5.35. The fourth-order valence-electron chi connectivity index (χ4n) is 2.97. The number of rotatable bonds is 2. The lowest BCUT2D eigenvalue weighted by atomic mass is 9.96. The smallest absolute Gasteiger partial charge is 0.240 e. The molecule has 5 heteroatoms. The van der Waals surface area contributed by atoms with Gasteiger partial charge in [0.15, 0.2) is 0 Å². The van der Waals surface area contributed by atoms with Crippen LogP contribution in [-0.4, -0.2) is 28.6 Å². The molecule has 1 aromatic carbocycles. The molecule has 3 aromatic rings. The molecular weight excluding hydrogens is 276 g/mol. The van der Waals surface area contributed by atoms with Gasteiger partial charge in [0.25, 0.3) is 0 Å². The summed E-state index contributed by atoms with van der Waals surface area (Å²) in [4.78, 5) is 13.0. The lowest BCUT2D eigenvalue weighted by molar-refractivity contribution is 0.402. The minimum absolute atomic E-state index is 0.528. The van der Waals surface area contributed by atoms with Gasteiger partial charge in [-0.3, -0.25) is 0 Å². The van der Waals surface area contributed by atoms with Gasteiger partial charge in [0, 0.05) is 23.7 Å². The van der Waals surface area contributed by atoms with E-state index in [1.54, 1.807) is 19.6 Å². The fraction of sp³-hybridized carbons (Fsp3) is 0.235. The molecule has 0 unspecified atom stereocenters. The summed E-state index contributed by atoms with van der Waals surface area (Å²) >= 11 is 0. The Kier molecular flexibility index (Phi) is 3.20. The summed E-state index contributed by atoms with van der Waals surface area (Å²) in [6.07, 6.45) is 4.38. The van der Waals surface area contributed by atoms with E-state index in [1.807, 2.05) is 6.07 Å². The van der Waals surface area contributed by atoms with Gasteiger partial charge in [-0.15, -0.1) is 0 Å². The van der Waals surface area contributed by atoms with Crippen LogP contribution >= 0.6 is 0 Å². The molecule has 1 aliphatic rings. The Bertz CT molecular complexity index is 847. The van der Waals surface area contributed by atoms with Crippen LogP contribution in [0, 0.1) is 0 Å². The maximum Gasteiger partial charge on any atom is 0.240 e. The van der Waals surface area contributed by atoms with E-state index in [1.165, 1.54) is 11.1 Å². The van der Waals surface area contributed by atoms with Crippen LogP contribution in [0.2, 0.25) is 0 Å². The number of hydrogen-bond acceptors (Lipinski definition) is 5. The molecule has 22 heavy (non-hydrogen) atoms. The number of fused-ring (bicyclic) bond motifs is 2. The van der Waals surface area contributed by atoms with Crippen molar-refractivity contribution in [2.45, 2.75) is 13.0 Å². The molecule has 5 nitrogen and oxygen atoms in total. The zero-order chi connectivity index (χ0) is 14.9. The number of nitrogens with one attached hydrogen (secondary N) is 1. The van der Waals surface area contributed by atoms with Gasteiger partial charge in [-0.2, -0.15) is 0 Å². The Balaban J connectivity index is 1.91. The Morgan fingerprint density at radius 2 is 2.05 bits per heavy atom. The molecule has 0 atom stereocenters. The Labute approximate surface area is 128 Å². The van der Waals surface area contributed by atoms with Crippen molar-refractivity contribution in [2.75, 3.05) is 13.7 Å². The van der Waals surface area contributed by atoms with Crippen LogP contribution in [-0.2, 0) is 13.0 Å². The first-order valence-electron chi connectivity index (χ1n) is 7.33. The summed E-state index contributed by atoms with van der Waals surface area (Å²) in [6.45, 7) is 1.96. The van der Waals surface area contributed by atoms with Crippen LogP contribution in [0.15, 0.2) is 36.8 Å². The molecule has 4 rings (SSSR count). The Morgan fingerprint density at radius 3 is 2.95 bits per heavy atom. The normalized spacial score (nSPS) is 13.9. The maximum atomic E-state index is 5.30. The number of aromatic nitrogens is 3. The quantitative estimate of drug-likeness (QED) is 0.785. The number of pyridine rings is 1. The summed E-state index contributed by atoms with van der Waals surface area (Å²) in [5, 5.41) is 4.37. The SMILES string of the molecule is COc1nccc2c(-c3ccc4c(c3)CNCC4)ncnc12. The average Bonchev–Trinajstić information content (AvgIpc) is 2.60. The Morgan fingerprint density at radius 1 is 1.09 bits per heavy atom. The van der Waals surface area contributed by atoms with Crippen molar-refractivity contribution >= 4 is 10.9 Å².